The molecule has 1 aromatic heterocycles. The SMILES string of the molecule is Nc1nscc1Br. The summed E-state index contributed by atoms with van der Waals surface area (Å²) in [5.41, 5.74) is 5.29. The fourth-order valence-electron chi connectivity index (χ4n) is 0.233. The zero-order valence-electron chi connectivity index (χ0n) is 3.39. The van der Waals surface area contributed by atoms with E-state index in [1.165, 1.54) is 11.5 Å². The molecule has 0 aromatic carbocycles. The molecule has 0 bridgehead atoms. The summed E-state index contributed by atoms with van der Waals surface area (Å²) in [5.74, 6) is 0.574. The van der Waals surface area contributed by atoms with E-state index >= 15 is 0 Å². The summed E-state index contributed by atoms with van der Waals surface area (Å²) in [5, 5.41) is 1.84. The molecule has 0 saturated carbocycles. The van der Waals surface area contributed by atoms with Crippen molar-refractivity contribution >= 4 is 33.3 Å². The van der Waals surface area contributed by atoms with E-state index in [0.29, 0.717) is 5.82 Å². The highest BCUT2D eigenvalue weighted by Crippen LogP contribution is 2.18. The van der Waals surface area contributed by atoms with Gasteiger partial charge in [-0.3, -0.25) is 0 Å². The second-order valence-electron chi connectivity index (χ2n) is 1.05. The van der Waals surface area contributed by atoms with Gasteiger partial charge in [-0.2, -0.15) is 4.37 Å². The maximum Gasteiger partial charge on any atom is 0.151 e. The second kappa shape index (κ2) is 1.79. The standard InChI is InChI=1S/C3H3BrN2S/c4-2-1-7-6-3(2)5/h1H,(H2,5,6). The van der Waals surface area contributed by atoms with E-state index in [2.05, 4.69) is 20.3 Å². The van der Waals surface area contributed by atoms with E-state index in [1.807, 2.05) is 5.38 Å². The molecule has 0 atom stereocenters. The zero-order valence-corrected chi connectivity index (χ0v) is 5.79. The Morgan fingerprint density at radius 3 is 2.71 bits per heavy atom. The third-order valence-electron chi connectivity index (χ3n) is 0.552. The minimum absolute atomic E-state index is 0.574. The van der Waals surface area contributed by atoms with Gasteiger partial charge in [-0.1, -0.05) is 0 Å². The summed E-state index contributed by atoms with van der Waals surface area (Å²) in [6, 6.07) is 0. The molecule has 1 heterocycles. The largest absolute Gasteiger partial charge is 0.382 e. The van der Waals surface area contributed by atoms with Crippen LogP contribution in [-0.4, -0.2) is 4.37 Å². The predicted molar refractivity (Wildman–Crippen MR) is 34.2 cm³/mol. The molecular formula is C3H3BrN2S. The quantitative estimate of drug-likeness (QED) is 0.655. The molecule has 7 heavy (non-hydrogen) atoms. The Balaban J connectivity index is 3.12. The van der Waals surface area contributed by atoms with Crippen molar-refractivity contribution in [2.24, 2.45) is 0 Å². The molecule has 4 heteroatoms. The summed E-state index contributed by atoms with van der Waals surface area (Å²) in [6.45, 7) is 0. The molecule has 0 amide bonds. The average molecular weight is 179 g/mol. The van der Waals surface area contributed by atoms with Crippen molar-refractivity contribution in [3.8, 4) is 0 Å². The van der Waals surface area contributed by atoms with Crippen molar-refractivity contribution in [3.63, 3.8) is 0 Å². The first-order valence-corrected chi connectivity index (χ1v) is 3.29. The van der Waals surface area contributed by atoms with Crippen LogP contribution in [0.2, 0.25) is 0 Å². The number of halogens is 1. The van der Waals surface area contributed by atoms with E-state index in [9.17, 15) is 0 Å². The molecule has 0 aliphatic rings. The summed E-state index contributed by atoms with van der Waals surface area (Å²) in [4.78, 5) is 0. The van der Waals surface area contributed by atoms with E-state index in [-0.39, 0.29) is 0 Å². The van der Waals surface area contributed by atoms with Crippen molar-refractivity contribution < 1.29 is 0 Å². The lowest BCUT2D eigenvalue weighted by Gasteiger charge is -1.76. The highest BCUT2D eigenvalue weighted by Gasteiger charge is 1.92. The molecule has 0 fully saturated rings. The van der Waals surface area contributed by atoms with Gasteiger partial charge in [-0.05, 0) is 27.5 Å². The predicted octanol–water partition coefficient (Wildman–Crippen LogP) is 1.49. The van der Waals surface area contributed by atoms with Crippen molar-refractivity contribution in [2.75, 3.05) is 5.73 Å². The van der Waals surface area contributed by atoms with Gasteiger partial charge in [0.15, 0.2) is 5.82 Å². The number of nitrogen functional groups attached to an aromatic ring is 1. The monoisotopic (exact) mass is 178 g/mol. The molecule has 0 aliphatic carbocycles. The van der Waals surface area contributed by atoms with Crippen LogP contribution in [0, 0.1) is 0 Å². The van der Waals surface area contributed by atoms with Gasteiger partial charge in [-0.15, -0.1) is 0 Å². The third kappa shape index (κ3) is 0.920. The highest BCUT2D eigenvalue weighted by atomic mass is 79.9. The molecule has 0 aliphatic heterocycles. The number of hydrogen-bond acceptors (Lipinski definition) is 3. The third-order valence-corrected chi connectivity index (χ3v) is 2.13. The van der Waals surface area contributed by atoms with Crippen LogP contribution in [-0.2, 0) is 0 Å². The van der Waals surface area contributed by atoms with Crippen LogP contribution in [0.25, 0.3) is 0 Å². The van der Waals surface area contributed by atoms with Crippen molar-refractivity contribution in [1.82, 2.24) is 4.37 Å². The topological polar surface area (TPSA) is 38.9 Å². The number of hydrogen-bond donors (Lipinski definition) is 1. The number of anilines is 1. The fraction of sp³-hybridized carbons (Fsp3) is 0. The Labute approximate surface area is 53.6 Å². The van der Waals surface area contributed by atoms with Crippen LogP contribution in [0.1, 0.15) is 0 Å². The Bertz CT molecular complexity index is 145. The van der Waals surface area contributed by atoms with Gasteiger partial charge in [0.1, 0.15) is 0 Å². The summed E-state index contributed by atoms with van der Waals surface area (Å²) in [6.07, 6.45) is 0. The Morgan fingerprint density at radius 1 is 1.86 bits per heavy atom. The maximum absolute atomic E-state index is 5.29. The molecular weight excluding hydrogens is 176 g/mol. The van der Waals surface area contributed by atoms with Gasteiger partial charge >= 0.3 is 0 Å². The molecule has 0 unspecified atom stereocenters. The van der Waals surface area contributed by atoms with E-state index in [4.69, 9.17) is 5.73 Å². The summed E-state index contributed by atoms with van der Waals surface area (Å²) in [7, 11) is 0. The lowest BCUT2D eigenvalue weighted by molar-refractivity contribution is 1.54. The van der Waals surface area contributed by atoms with Gasteiger partial charge in [0.2, 0.25) is 0 Å². The van der Waals surface area contributed by atoms with Crippen molar-refractivity contribution in [2.45, 2.75) is 0 Å². The molecule has 1 rings (SSSR count). The minimum Gasteiger partial charge on any atom is -0.382 e. The number of aromatic nitrogens is 1. The smallest absolute Gasteiger partial charge is 0.151 e. The first-order chi connectivity index (χ1) is 3.30. The summed E-state index contributed by atoms with van der Waals surface area (Å²) < 4.78 is 4.68. The molecule has 0 saturated heterocycles. The minimum atomic E-state index is 0.574. The number of rotatable bonds is 0. The van der Waals surface area contributed by atoms with Gasteiger partial charge in [0.25, 0.3) is 0 Å². The lowest BCUT2D eigenvalue weighted by atomic mass is 10.7. The van der Waals surface area contributed by atoms with Crippen molar-refractivity contribution in [1.29, 1.82) is 0 Å². The van der Waals surface area contributed by atoms with Crippen LogP contribution >= 0.6 is 27.5 Å². The number of nitrogens with zero attached hydrogens (tertiary/aromatic N) is 1. The van der Waals surface area contributed by atoms with Crippen LogP contribution in [0.3, 0.4) is 0 Å². The lowest BCUT2D eigenvalue weighted by Crippen LogP contribution is -1.81. The van der Waals surface area contributed by atoms with Gasteiger partial charge in [-0.25, -0.2) is 0 Å². The zero-order chi connectivity index (χ0) is 5.28. The fourth-order valence-corrected chi connectivity index (χ4v) is 1.17. The van der Waals surface area contributed by atoms with Crippen LogP contribution < -0.4 is 5.73 Å². The van der Waals surface area contributed by atoms with E-state index in [1.54, 1.807) is 0 Å². The van der Waals surface area contributed by atoms with Gasteiger partial charge < -0.3 is 5.73 Å². The molecule has 2 nitrogen and oxygen atoms in total. The van der Waals surface area contributed by atoms with Crippen molar-refractivity contribution in [3.05, 3.63) is 9.85 Å². The van der Waals surface area contributed by atoms with Crippen LogP contribution in [0.4, 0.5) is 5.82 Å². The Hall–Kier alpha value is -0.0900. The Morgan fingerprint density at radius 2 is 2.57 bits per heavy atom. The highest BCUT2D eigenvalue weighted by molar-refractivity contribution is 9.10. The first-order valence-electron chi connectivity index (χ1n) is 1.66. The summed E-state index contributed by atoms with van der Waals surface area (Å²) >= 11 is 4.53. The second-order valence-corrected chi connectivity index (χ2v) is 2.53. The molecule has 0 spiro atoms. The van der Waals surface area contributed by atoms with E-state index in [0.717, 1.165) is 4.47 Å². The average Bonchev–Trinajstić information content (AvgIpc) is 1.91. The molecule has 1 aromatic rings. The normalized spacial score (nSPS) is 9.29. The van der Waals surface area contributed by atoms with E-state index < -0.39 is 0 Å². The first kappa shape index (κ1) is 5.05. The molecule has 0 radical (unpaired) electrons. The van der Waals surface area contributed by atoms with Gasteiger partial charge in [0, 0.05) is 5.38 Å². The molecule has 2 N–H and O–H groups in total. The number of nitrogens with two attached hydrogens (primary N) is 1. The molecule has 38 valence electrons. The Kier molecular flexibility index (Phi) is 1.30. The van der Waals surface area contributed by atoms with Gasteiger partial charge in [0.05, 0.1) is 4.47 Å². The van der Waals surface area contributed by atoms with Crippen LogP contribution in [0.5, 0.6) is 0 Å². The van der Waals surface area contributed by atoms with Crippen LogP contribution in [0.15, 0.2) is 9.85 Å². The maximum atomic E-state index is 5.29.